The Balaban J connectivity index is 1.60. The molecule has 0 aliphatic carbocycles. The van der Waals surface area contributed by atoms with Gasteiger partial charge in [0.1, 0.15) is 10.7 Å². The summed E-state index contributed by atoms with van der Waals surface area (Å²) in [5, 5.41) is 13.8. The SMILES string of the molecule is CN1CCN(S(=O)(=O)c2ccc(NCC(O)c3ccc(Cl)cc3)nc2)CC1. The number of piperazine rings is 1. The van der Waals surface area contributed by atoms with Gasteiger partial charge in [0.05, 0.1) is 6.10 Å². The fraction of sp³-hybridized carbons (Fsp3) is 0.389. The number of halogens is 1. The number of nitrogens with one attached hydrogen (secondary N) is 1. The number of aliphatic hydroxyl groups excluding tert-OH is 1. The number of hydrogen-bond donors (Lipinski definition) is 2. The zero-order chi connectivity index (χ0) is 19.4. The van der Waals surface area contributed by atoms with Gasteiger partial charge in [-0.2, -0.15) is 4.31 Å². The average Bonchev–Trinajstić information content (AvgIpc) is 2.67. The number of rotatable bonds is 6. The van der Waals surface area contributed by atoms with Crippen LogP contribution in [0, 0.1) is 0 Å². The monoisotopic (exact) mass is 410 g/mol. The van der Waals surface area contributed by atoms with Crippen molar-refractivity contribution in [2.75, 3.05) is 45.1 Å². The summed E-state index contributed by atoms with van der Waals surface area (Å²) in [6.45, 7) is 2.64. The highest BCUT2D eigenvalue weighted by atomic mass is 35.5. The van der Waals surface area contributed by atoms with Crippen LogP contribution in [0.4, 0.5) is 5.82 Å². The van der Waals surface area contributed by atoms with Gasteiger partial charge >= 0.3 is 0 Å². The van der Waals surface area contributed by atoms with E-state index in [4.69, 9.17) is 11.6 Å². The maximum absolute atomic E-state index is 12.7. The molecule has 0 radical (unpaired) electrons. The smallest absolute Gasteiger partial charge is 0.244 e. The Morgan fingerprint density at radius 2 is 1.81 bits per heavy atom. The van der Waals surface area contributed by atoms with E-state index in [9.17, 15) is 13.5 Å². The van der Waals surface area contributed by atoms with E-state index >= 15 is 0 Å². The van der Waals surface area contributed by atoms with Crippen LogP contribution >= 0.6 is 11.6 Å². The summed E-state index contributed by atoms with van der Waals surface area (Å²) in [7, 11) is -1.55. The number of benzene rings is 1. The van der Waals surface area contributed by atoms with Crippen molar-refractivity contribution in [2.45, 2.75) is 11.0 Å². The maximum Gasteiger partial charge on any atom is 0.244 e. The van der Waals surface area contributed by atoms with Gasteiger partial charge in [-0.3, -0.25) is 0 Å². The van der Waals surface area contributed by atoms with Gasteiger partial charge in [-0.15, -0.1) is 0 Å². The predicted octanol–water partition coefficient (Wildman–Crippen LogP) is 1.82. The Bertz CT molecular complexity index is 851. The van der Waals surface area contributed by atoms with Crippen LogP contribution in [0.2, 0.25) is 5.02 Å². The second-order valence-corrected chi connectivity index (χ2v) is 8.91. The van der Waals surface area contributed by atoms with E-state index in [2.05, 4.69) is 15.2 Å². The fourth-order valence-electron chi connectivity index (χ4n) is 2.82. The minimum absolute atomic E-state index is 0.177. The molecular formula is C18H23ClN4O3S. The van der Waals surface area contributed by atoms with Crippen molar-refractivity contribution in [3.05, 3.63) is 53.2 Å². The van der Waals surface area contributed by atoms with E-state index < -0.39 is 16.1 Å². The molecule has 1 aliphatic heterocycles. The lowest BCUT2D eigenvalue weighted by Gasteiger charge is -2.31. The van der Waals surface area contributed by atoms with Crippen molar-refractivity contribution in [3.8, 4) is 0 Å². The first-order valence-electron chi connectivity index (χ1n) is 8.68. The highest BCUT2D eigenvalue weighted by Gasteiger charge is 2.27. The minimum Gasteiger partial charge on any atom is -0.387 e. The third kappa shape index (κ3) is 4.97. The molecule has 1 atom stereocenters. The van der Waals surface area contributed by atoms with Crippen molar-refractivity contribution in [2.24, 2.45) is 0 Å². The van der Waals surface area contributed by atoms with E-state index in [0.717, 1.165) is 18.7 Å². The van der Waals surface area contributed by atoms with Crippen LogP contribution in [0.15, 0.2) is 47.5 Å². The lowest BCUT2D eigenvalue weighted by Crippen LogP contribution is -2.47. The highest BCUT2D eigenvalue weighted by molar-refractivity contribution is 7.89. The molecule has 1 fully saturated rings. The molecule has 1 aromatic carbocycles. The molecule has 2 aromatic rings. The maximum atomic E-state index is 12.7. The molecule has 0 saturated carbocycles. The molecule has 0 spiro atoms. The van der Waals surface area contributed by atoms with E-state index in [0.29, 0.717) is 23.9 Å². The fourth-order valence-corrected chi connectivity index (χ4v) is 4.31. The quantitative estimate of drug-likeness (QED) is 0.755. The van der Waals surface area contributed by atoms with Crippen LogP contribution in [-0.2, 0) is 10.0 Å². The largest absolute Gasteiger partial charge is 0.387 e. The van der Waals surface area contributed by atoms with Gasteiger partial charge in [-0.05, 0) is 36.9 Å². The third-order valence-corrected chi connectivity index (χ3v) is 6.70. The summed E-state index contributed by atoms with van der Waals surface area (Å²) < 4.78 is 26.8. The van der Waals surface area contributed by atoms with E-state index in [1.54, 1.807) is 30.3 Å². The lowest BCUT2D eigenvalue weighted by atomic mass is 10.1. The van der Waals surface area contributed by atoms with Crippen LogP contribution in [0.3, 0.4) is 0 Å². The first-order valence-corrected chi connectivity index (χ1v) is 10.5. The topological polar surface area (TPSA) is 85.8 Å². The van der Waals surface area contributed by atoms with Crippen molar-refractivity contribution in [1.29, 1.82) is 0 Å². The Kier molecular flexibility index (Phi) is 6.33. The molecule has 1 aromatic heterocycles. The number of aromatic nitrogens is 1. The van der Waals surface area contributed by atoms with Gasteiger partial charge in [0.15, 0.2) is 0 Å². The first kappa shape index (κ1) is 20.0. The summed E-state index contributed by atoms with van der Waals surface area (Å²) in [5.74, 6) is 0.500. The summed E-state index contributed by atoms with van der Waals surface area (Å²) in [4.78, 5) is 6.45. The number of sulfonamides is 1. The third-order valence-electron chi connectivity index (χ3n) is 4.57. The molecule has 9 heteroatoms. The molecular weight excluding hydrogens is 388 g/mol. The van der Waals surface area contributed by atoms with Crippen LogP contribution in [0.5, 0.6) is 0 Å². The van der Waals surface area contributed by atoms with Gasteiger partial charge < -0.3 is 15.3 Å². The zero-order valence-electron chi connectivity index (χ0n) is 15.0. The Morgan fingerprint density at radius 3 is 2.41 bits per heavy atom. The number of nitrogens with zero attached hydrogens (tertiary/aromatic N) is 3. The van der Waals surface area contributed by atoms with Gasteiger partial charge in [-0.25, -0.2) is 13.4 Å². The van der Waals surface area contributed by atoms with Crippen molar-refractivity contribution in [1.82, 2.24) is 14.2 Å². The molecule has 7 nitrogen and oxygen atoms in total. The van der Waals surface area contributed by atoms with Gasteiger partial charge in [-0.1, -0.05) is 23.7 Å². The standard InChI is InChI=1S/C18H23ClN4O3S/c1-22-8-10-23(11-9-22)27(25,26)16-6-7-18(20-12-16)21-13-17(24)14-2-4-15(19)5-3-14/h2-7,12,17,24H,8-11,13H2,1H3,(H,20,21). The normalized spacial score (nSPS) is 17.6. The van der Waals surface area contributed by atoms with Crippen LogP contribution < -0.4 is 5.32 Å². The van der Waals surface area contributed by atoms with Crippen molar-refractivity contribution < 1.29 is 13.5 Å². The minimum atomic E-state index is -3.53. The summed E-state index contributed by atoms with van der Waals surface area (Å²) in [6.07, 6.45) is 0.628. The van der Waals surface area contributed by atoms with Gasteiger partial charge in [0.2, 0.25) is 10.0 Å². The number of pyridine rings is 1. The molecule has 0 amide bonds. The molecule has 1 aliphatic rings. The van der Waals surface area contributed by atoms with Crippen molar-refractivity contribution >= 4 is 27.4 Å². The predicted molar refractivity (Wildman–Crippen MR) is 105 cm³/mol. The Hall–Kier alpha value is -1.71. The van der Waals surface area contributed by atoms with E-state index in [-0.39, 0.29) is 11.4 Å². The molecule has 2 N–H and O–H groups in total. The van der Waals surface area contributed by atoms with E-state index in [1.807, 2.05) is 7.05 Å². The second kappa shape index (κ2) is 8.53. The zero-order valence-corrected chi connectivity index (χ0v) is 16.6. The average molecular weight is 411 g/mol. The number of hydrogen-bond acceptors (Lipinski definition) is 6. The second-order valence-electron chi connectivity index (χ2n) is 6.53. The summed E-state index contributed by atoms with van der Waals surface area (Å²) >= 11 is 5.84. The summed E-state index contributed by atoms with van der Waals surface area (Å²) in [6, 6.07) is 10.1. The molecule has 0 bridgehead atoms. The molecule has 3 rings (SSSR count). The first-order chi connectivity index (χ1) is 12.9. The van der Waals surface area contributed by atoms with Gasteiger partial charge in [0, 0.05) is 43.9 Å². The number of anilines is 1. The van der Waals surface area contributed by atoms with Crippen molar-refractivity contribution in [3.63, 3.8) is 0 Å². The van der Waals surface area contributed by atoms with Crippen LogP contribution in [0.25, 0.3) is 0 Å². The number of likely N-dealkylation sites (N-methyl/N-ethyl adjacent to an activating group) is 1. The molecule has 1 unspecified atom stereocenters. The Morgan fingerprint density at radius 1 is 1.15 bits per heavy atom. The van der Waals surface area contributed by atoms with Gasteiger partial charge in [0.25, 0.3) is 0 Å². The summed E-state index contributed by atoms with van der Waals surface area (Å²) in [5.41, 5.74) is 0.737. The van der Waals surface area contributed by atoms with Crippen LogP contribution in [0.1, 0.15) is 11.7 Å². The lowest BCUT2D eigenvalue weighted by molar-refractivity contribution is 0.191. The molecule has 146 valence electrons. The van der Waals surface area contributed by atoms with Crippen LogP contribution in [-0.4, -0.2) is 67.5 Å². The molecule has 27 heavy (non-hydrogen) atoms. The highest BCUT2D eigenvalue weighted by Crippen LogP contribution is 2.19. The molecule has 1 saturated heterocycles. The number of aliphatic hydroxyl groups is 1. The Labute approximate surface area is 164 Å². The van der Waals surface area contributed by atoms with E-state index in [1.165, 1.54) is 16.6 Å². The molecule has 2 heterocycles.